The Hall–Kier alpha value is -4.10. The van der Waals surface area contributed by atoms with E-state index in [2.05, 4.69) is 29.2 Å². The van der Waals surface area contributed by atoms with Gasteiger partial charge >= 0.3 is 47.0 Å². The van der Waals surface area contributed by atoms with E-state index in [4.69, 9.17) is 44.9 Å². The zero-order valence-corrected chi connectivity index (χ0v) is 31.0. The van der Waals surface area contributed by atoms with Crippen LogP contribution in [0.15, 0.2) is 23.7 Å². The maximum Gasteiger partial charge on any atom is 1.00 e. The molecule has 3 heterocycles. The summed E-state index contributed by atoms with van der Waals surface area (Å²) < 4.78 is 29.9. The molecule has 0 aliphatic heterocycles. The minimum atomic E-state index is -3.53. The van der Waals surface area contributed by atoms with E-state index in [1.807, 2.05) is 0 Å². The summed E-state index contributed by atoms with van der Waals surface area (Å²) in [7, 11) is -3.53. The molecule has 266 valence electrons. The largest absolute Gasteiger partial charge is 1.00 e. The Morgan fingerprint density at radius 2 is 1.16 bits per heavy atom. The molecule has 0 saturated carbocycles. The van der Waals surface area contributed by atoms with Gasteiger partial charge in [0.1, 0.15) is 38.3 Å². The van der Waals surface area contributed by atoms with Crippen molar-refractivity contribution in [2.24, 2.45) is 5.11 Å². The van der Waals surface area contributed by atoms with Crippen molar-refractivity contribution in [1.29, 1.82) is 0 Å². The molecule has 29 heteroatoms. The fourth-order valence-electron chi connectivity index (χ4n) is 3.20. The van der Waals surface area contributed by atoms with Gasteiger partial charge in [-0.05, 0) is 20.3 Å². The first-order chi connectivity index (χ1) is 22.5. The minimum absolute atomic E-state index is 0. The predicted octanol–water partition coefficient (Wildman–Crippen LogP) is 0.870. The van der Waals surface area contributed by atoms with Crippen LogP contribution >= 0.6 is 23.2 Å². The van der Waals surface area contributed by atoms with Gasteiger partial charge in [0.2, 0.25) is 0 Å². The molecular weight excluding hydrogens is 736 g/mol. The molecule has 3 rings (SSSR count). The zero-order chi connectivity index (χ0) is 37.4. The molecule has 0 aromatic carbocycles. The van der Waals surface area contributed by atoms with Gasteiger partial charge in [-0.25, -0.2) is 28.7 Å². The third kappa shape index (κ3) is 20.1. The average Bonchev–Trinajstić information content (AvgIpc) is 3.67. The van der Waals surface area contributed by atoms with E-state index in [1.165, 1.54) is 31.0 Å². The van der Waals surface area contributed by atoms with Gasteiger partial charge in [0.15, 0.2) is 17.5 Å². The van der Waals surface area contributed by atoms with E-state index in [1.54, 1.807) is 20.8 Å². The van der Waals surface area contributed by atoms with Crippen LogP contribution in [-0.2, 0) is 33.9 Å². The number of halogens is 2. The zero-order valence-electron chi connectivity index (χ0n) is 26.7. The maximum absolute atomic E-state index is 10.7. The van der Waals surface area contributed by atoms with Gasteiger partial charge in [0.05, 0.1) is 31.3 Å². The molecule has 0 radical (unpaired) electrons. The summed E-state index contributed by atoms with van der Waals surface area (Å²) in [6.45, 7) is 5.34. The van der Waals surface area contributed by atoms with Gasteiger partial charge in [-0.15, -0.1) is 23.2 Å². The second kappa shape index (κ2) is 26.8. The monoisotopic (exact) mass is 765 g/mol. The smallest absolute Gasteiger partial charge is 0.392 e. The Bertz CT molecular complexity index is 1670. The number of imidazole rings is 3. The van der Waals surface area contributed by atoms with Gasteiger partial charge in [-0.2, -0.15) is 8.42 Å². The van der Waals surface area contributed by atoms with E-state index >= 15 is 0 Å². The Kier molecular flexibility index (Phi) is 27.0. The summed E-state index contributed by atoms with van der Waals surface area (Å²) in [5.74, 6) is 1.15. The number of aryl methyl sites for hydroxylation is 3. The summed E-state index contributed by atoms with van der Waals surface area (Å²) >= 11 is 9.53. The third-order valence-corrected chi connectivity index (χ3v) is 5.68. The van der Waals surface area contributed by atoms with E-state index in [-0.39, 0.29) is 91.7 Å². The normalized spacial score (nSPS) is 9.53. The number of nitro groups is 3. The second-order valence-corrected chi connectivity index (χ2v) is 10.6. The molecule has 3 aromatic heterocycles. The van der Waals surface area contributed by atoms with Crippen LogP contribution in [0.3, 0.4) is 0 Å². The van der Waals surface area contributed by atoms with Crippen molar-refractivity contribution < 1.29 is 62.0 Å². The van der Waals surface area contributed by atoms with Gasteiger partial charge in [-0.1, -0.05) is 5.11 Å². The first-order valence-electron chi connectivity index (χ1n) is 12.5. The number of hydrogen-bond donors (Lipinski definition) is 1. The Balaban J connectivity index is -0.000000596. The molecule has 0 aliphatic rings. The standard InChI is InChI=1S/C7H11N3O5S.C6H8N6O2.C6H9N3O3.CH2Cl2.N3.Na/c1-6-8-5-7(10(11)12)9(6)3-4-15-16(2,13)14;1-5-8-4-6(12(13)14)11(5)3-2-9-10-7;1-5-7-4-6(9(11)12)8(5)2-3-10;2-1-3;1-3-2;/h5H,3-4H2,1-2H3;4H,2-3H2,1H3;4,10H,2-3H2,1H3;1H2;;/q;;;;-1;+1. The van der Waals surface area contributed by atoms with Gasteiger partial charge in [0.25, 0.3) is 10.1 Å². The van der Waals surface area contributed by atoms with E-state index < -0.39 is 24.9 Å². The molecule has 25 nitrogen and oxygen atoms in total. The van der Waals surface area contributed by atoms with Gasteiger partial charge < -0.3 is 46.5 Å². The summed E-state index contributed by atoms with van der Waals surface area (Å²) in [6.07, 6.45) is 4.41. The molecule has 3 aromatic rings. The molecule has 0 unspecified atom stereocenters. The molecule has 0 bridgehead atoms. The topological polar surface area (TPSA) is 354 Å². The minimum Gasteiger partial charge on any atom is -0.392 e. The van der Waals surface area contributed by atoms with Crippen molar-refractivity contribution in [3.8, 4) is 0 Å². The fourth-order valence-corrected chi connectivity index (χ4v) is 3.58. The molecule has 0 amide bonds. The van der Waals surface area contributed by atoms with Crippen LogP contribution in [0, 0.1) is 51.1 Å². The van der Waals surface area contributed by atoms with Crippen LogP contribution in [-0.4, -0.2) is 88.3 Å². The van der Waals surface area contributed by atoms with Crippen molar-refractivity contribution in [2.45, 2.75) is 40.4 Å². The Labute approximate surface area is 309 Å². The van der Waals surface area contributed by atoms with E-state index in [0.717, 1.165) is 12.5 Å². The molecule has 0 atom stereocenters. The number of azide groups is 1. The molecule has 0 saturated heterocycles. The first-order valence-corrected chi connectivity index (χ1v) is 15.4. The van der Waals surface area contributed by atoms with Crippen LogP contribution in [0.2, 0.25) is 0 Å². The van der Waals surface area contributed by atoms with Crippen LogP contribution in [0.25, 0.3) is 26.4 Å². The number of hydrogen-bond acceptors (Lipinski definition) is 14. The fraction of sp³-hybridized carbons (Fsp3) is 0.550. The molecule has 49 heavy (non-hydrogen) atoms. The second-order valence-electron chi connectivity index (χ2n) is 8.11. The Morgan fingerprint density at radius 1 is 0.837 bits per heavy atom. The quantitative estimate of drug-likeness (QED) is 0.0391. The van der Waals surface area contributed by atoms with E-state index in [9.17, 15) is 38.8 Å². The summed E-state index contributed by atoms with van der Waals surface area (Å²) in [6, 6.07) is 0. The van der Waals surface area contributed by atoms with Crippen LogP contribution in [0.5, 0.6) is 0 Å². The number of aliphatic hydroxyl groups excluding tert-OH is 1. The molecule has 1 N–H and O–H groups in total. The van der Waals surface area contributed by atoms with Crippen LogP contribution < -0.4 is 29.6 Å². The molecule has 0 fully saturated rings. The van der Waals surface area contributed by atoms with Crippen molar-refractivity contribution in [3.05, 3.63) is 92.8 Å². The number of rotatable bonds is 12. The van der Waals surface area contributed by atoms with E-state index in [0.29, 0.717) is 17.5 Å². The molecule has 0 aliphatic carbocycles. The number of nitrogens with zero attached hydrogens (tertiary/aromatic N) is 15. The van der Waals surface area contributed by atoms with Gasteiger partial charge in [0, 0.05) is 25.7 Å². The van der Waals surface area contributed by atoms with Crippen LogP contribution in [0.4, 0.5) is 17.5 Å². The van der Waals surface area contributed by atoms with Crippen LogP contribution in [0.1, 0.15) is 17.5 Å². The summed E-state index contributed by atoms with van der Waals surface area (Å²) in [4.78, 5) is 45.2. The number of aliphatic hydroxyl groups is 1. The van der Waals surface area contributed by atoms with Crippen molar-refractivity contribution in [3.63, 3.8) is 0 Å². The summed E-state index contributed by atoms with van der Waals surface area (Å²) in [5, 5.41) is 43.6. The number of alkyl halides is 2. The first kappa shape index (κ1) is 49.3. The maximum atomic E-state index is 10.7. The third-order valence-electron chi connectivity index (χ3n) is 5.09. The van der Waals surface area contributed by atoms with Crippen molar-refractivity contribution in [1.82, 2.24) is 28.7 Å². The summed E-state index contributed by atoms with van der Waals surface area (Å²) in [5.41, 5.74) is 21.5. The number of aromatic nitrogens is 6. The predicted molar refractivity (Wildman–Crippen MR) is 169 cm³/mol. The SMILES string of the molecule is Cc1ncc([N+](=O)[O-])n1CCN=[N+]=[N-].Cc1ncc([N+](=O)[O-])n1CCO.Cc1ncc([N+](=O)[O-])n1CCOS(C)(=O)=O.ClCCl.[N-]=[N+]=[N-].[Na+]. The van der Waals surface area contributed by atoms with Gasteiger partial charge in [-0.3, -0.25) is 9.09 Å². The average molecular weight is 767 g/mol. The molecular formula is C20H30Cl2N15NaO10S. The Morgan fingerprint density at radius 3 is 1.45 bits per heavy atom. The van der Waals surface area contributed by atoms with Crippen molar-refractivity contribution in [2.75, 3.05) is 31.4 Å². The van der Waals surface area contributed by atoms with Crippen molar-refractivity contribution >= 4 is 50.8 Å². The molecule has 0 spiro atoms.